The van der Waals surface area contributed by atoms with Crippen LogP contribution >= 0.6 is 11.6 Å². The predicted octanol–water partition coefficient (Wildman–Crippen LogP) is 6.02. The lowest BCUT2D eigenvalue weighted by Gasteiger charge is -2.21. The number of nitrogens with zero attached hydrogens (tertiary/aromatic N) is 3. The summed E-state index contributed by atoms with van der Waals surface area (Å²) in [6.07, 6.45) is 0.561. The Bertz CT molecular complexity index is 1540. The van der Waals surface area contributed by atoms with E-state index in [9.17, 15) is 13.2 Å². The van der Waals surface area contributed by atoms with Gasteiger partial charge < -0.3 is 5.32 Å². The van der Waals surface area contributed by atoms with Crippen molar-refractivity contribution < 1.29 is 13.2 Å². The van der Waals surface area contributed by atoms with Crippen molar-refractivity contribution in [2.45, 2.75) is 44.4 Å². The van der Waals surface area contributed by atoms with Crippen LogP contribution in [0.25, 0.3) is 16.5 Å². The third kappa shape index (κ3) is 5.87. The lowest BCUT2D eigenvalue weighted by molar-refractivity contribution is -0.116. The highest BCUT2D eigenvalue weighted by molar-refractivity contribution is 7.89. The molecular weight excluding hydrogens is 508 g/mol. The molecule has 0 saturated carbocycles. The highest BCUT2D eigenvalue weighted by Gasteiger charge is 2.28. The highest BCUT2D eigenvalue weighted by Crippen LogP contribution is 2.29. The largest absolute Gasteiger partial charge is 0.309 e. The van der Waals surface area contributed by atoms with Crippen LogP contribution in [-0.2, 0) is 20.2 Å². The Morgan fingerprint density at radius 1 is 1.00 bits per heavy atom. The number of anilines is 1. The van der Waals surface area contributed by atoms with Crippen molar-refractivity contribution in [3.63, 3.8) is 0 Å². The molecule has 7 nitrogen and oxygen atoms in total. The molecule has 4 aromatic rings. The maximum absolute atomic E-state index is 13.5. The van der Waals surface area contributed by atoms with E-state index in [-0.39, 0.29) is 23.4 Å². The van der Waals surface area contributed by atoms with Gasteiger partial charge in [-0.15, -0.1) is 0 Å². The molecule has 4 rings (SSSR count). The van der Waals surface area contributed by atoms with Gasteiger partial charge in [-0.1, -0.05) is 81.8 Å². The van der Waals surface area contributed by atoms with E-state index in [4.69, 9.17) is 16.7 Å². The molecule has 1 N–H and O–H groups in total. The standard InChI is InChI=1S/C28H31ClN4O3S/c1-5-16-32(37(35,36)22-15-14-20-10-6-7-11-21(20)17-22)19-27(34)30-26-18-25(28(2,3)4)31-33(26)24-13-9-8-12-23(24)29/h6-15,17-18H,5,16,19H2,1-4H3,(H,30,34). The van der Waals surface area contributed by atoms with Crippen LogP contribution in [0.4, 0.5) is 5.82 Å². The lowest BCUT2D eigenvalue weighted by atomic mass is 9.92. The summed E-state index contributed by atoms with van der Waals surface area (Å²) in [6.45, 7) is 7.83. The Balaban J connectivity index is 1.63. The van der Waals surface area contributed by atoms with E-state index in [2.05, 4.69) is 5.32 Å². The Morgan fingerprint density at radius 3 is 2.35 bits per heavy atom. The molecule has 0 aliphatic rings. The van der Waals surface area contributed by atoms with Crippen molar-refractivity contribution in [2.24, 2.45) is 0 Å². The average molecular weight is 539 g/mol. The lowest BCUT2D eigenvalue weighted by Crippen LogP contribution is -2.38. The molecular formula is C28H31ClN4O3S. The Hall–Kier alpha value is -3.20. The van der Waals surface area contributed by atoms with Crippen molar-refractivity contribution in [2.75, 3.05) is 18.4 Å². The Kier molecular flexibility index (Phi) is 7.73. The second-order valence-corrected chi connectivity index (χ2v) is 12.3. The predicted molar refractivity (Wildman–Crippen MR) is 149 cm³/mol. The minimum atomic E-state index is -3.90. The molecule has 0 atom stereocenters. The smallest absolute Gasteiger partial charge is 0.243 e. The van der Waals surface area contributed by atoms with Crippen LogP contribution in [0.3, 0.4) is 0 Å². The van der Waals surface area contributed by atoms with Gasteiger partial charge in [0.25, 0.3) is 0 Å². The number of fused-ring (bicyclic) bond motifs is 1. The molecule has 1 heterocycles. The summed E-state index contributed by atoms with van der Waals surface area (Å²) in [5, 5.41) is 9.81. The van der Waals surface area contributed by atoms with E-state index >= 15 is 0 Å². The Morgan fingerprint density at radius 2 is 1.68 bits per heavy atom. The van der Waals surface area contributed by atoms with E-state index < -0.39 is 15.9 Å². The number of carbonyl (C=O) groups excluding carboxylic acids is 1. The van der Waals surface area contributed by atoms with Gasteiger partial charge in [0.2, 0.25) is 15.9 Å². The number of amides is 1. The summed E-state index contributed by atoms with van der Waals surface area (Å²) in [5.74, 6) is -0.0472. The van der Waals surface area contributed by atoms with Crippen LogP contribution < -0.4 is 5.32 Å². The van der Waals surface area contributed by atoms with Crippen LogP contribution in [0, 0.1) is 0 Å². The van der Waals surface area contributed by atoms with Crippen LogP contribution in [0.15, 0.2) is 77.7 Å². The zero-order chi connectivity index (χ0) is 26.8. The molecule has 0 aliphatic heterocycles. The van der Waals surface area contributed by atoms with Gasteiger partial charge in [-0.3, -0.25) is 4.79 Å². The molecule has 0 radical (unpaired) electrons. The summed E-state index contributed by atoms with van der Waals surface area (Å²) < 4.78 is 29.9. The molecule has 0 fully saturated rings. The van der Waals surface area contributed by atoms with E-state index in [0.29, 0.717) is 22.9 Å². The molecule has 1 aromatic heterocycles. The number of para-hydroxylation sites is 1. The number of aromatic nitrogens is 2. The quantitative estimate of drug-likeness (QED) is 0.297. The first-order valence-electron chi connectivity index (χ1n) is 12.1. The Labute approximate surface area is 223 Å². The summed E-state index contributed by atoms with van der Waals surface area (Å²) >= 11 is 6.42. The van der Waals surface area contributed by atoms with Gasteiger partial charge in [0, 0.05) is 18.0 Å². The normalized spacial score (nSPS) is 12.3. The minimum absolute atomic E-state index is 0.156. The third-order valence-corrected chi connectivity index (χ3v) is 8.14. The number of halogens is 1. The summed E-state index contributed by atoms with van der Waals surface area (Å²) in [5.41, 5.74) is 1.10. The van der Waals surface area contributed by atoms with Gasteiger partial charge in [-0.05, 0) is 41.5 Å². The van der Waals surface area contributed by atoms with Crippen LogP contribution in [0.5, 0.6) is 0 Å². The zero-order valence-corrected chi connectivity index (χ0v) is 23.0. The van der Waals surface area contributed by atoms with Gasteiger partial charge in [0.05, 0.1) is 27.8 Å². The van der Waals surface area contributed by atoms with Crippen LogP contribution in [-0.4, -0.2) is 41.5 Å². The number of sulfonamides is 1. The van der Waals surface area contributed by atoms with E-state index in [1.54, 1.807) is 35.0 Å². The number of hydrogen-bond acceptors (Lipinski definition) is 4. The zero-order valence-electron chi connectivity index (χ0n) is 21.4. The number of hydrogen-bond donors (Lipinski definition) is 1. The van der Waals surface area contributed by atoms with Crippen molar-refractivity contribution >= 4 is 44.1 Å². The van der Waals surface area contributed by atoms with Gasteiger partial charge in [0.15, 0.2) is 0 Å². The minimum Gasteiger partial charge on any atom is -0.309 e. The van der Waals surface area contributed by atoms with Crippen molar-refractivity contribution in [3.8, 4) is 5.69 Å². The average Bonchev–Trinajstić information content (AvgIpc) is 3.27. The molecule has 0 unspecified atom stereocenters. The van der Waals surface area contributed by atoms with E-state index in [1.807, 2.05) is 70.2 Å². The van der Waals surface area contributed by atoms with E-state index in [0.717, 1.165) is 16.5 Å². The molecule has 37 heavy (non-hydrogen) atoms. The SMILES string of the molecule is CCCN(CC(=O)Nc1cc(C(C)(C)C)nn1-c1ccccc1Cl)S(=O)(=O)c1ccc2ccccc2c1. The van der Waals surface area contributed by atoms with Crippen molar-refractivity contribution in [3.05, 3.63) is 83.5 Å². The first-order chi connectivity index (χ1) is 17.5. The molecule has 3 aromatic carbocycles. The first kappa shape index (κ1) is 26.9. The monoisotopic (exact) mass is 538 g/mol. The molecule has 194 valence electrons. The summed E-state index contributed by atoms with van der Waals surface area (Å²) in [6, 6.07) is 21.6. The van der Waals surface area contributed by atoms with Crippen molar-refractivity contribution in [1.82, 2.24) is 14.1 Å². The molecule has 0 aliphatic carbocycles. The number of benzene rings is 3. The molecule has 0 bridgehead atoms. The van der Waals surface area contributed by atoms with Gasteiger partial charge >= 0.3 is 0 Å². The summed E-state index contributed by atoms with van der Waals surface area (Å²) in [4.78, 5) is 13.4. The number of carbonyl (C=O) groups is 1. The van der Waals surface area contributed by atoms with Crippen molar-refractivity contribution in [1.29, 1.82) is 0 Å². The maximum Gasteiger partial charge on any atom is 0.243 e. The molecule has 0 saturated heterocycles. The van der Waals surface area contributed by atoms with Gasteiger partial charge in [0.1, 0.15) is 5.82 Å². The van der Waals surface area contributed by atoms with Gasteiger partial charge in [-0.25, -0.2) is 13.1 Å². The van der Waals surface area contributed by atoms with Crippen LogP contribution in [0.1, 0.15) is 39.8 Å². The molecule has 0 spiro atoms. The number of rotatable bonds is 8. The summed E-state index contributed by atoms with van der Waals surface area (Å²) in [7, 11) is -3.90. The highest BCUT2D eigenvalue weighted by atomic mass is 35.5. The number of nitrogens with one attached hydrogen (secondary N) is 1. The third-order valence-electron chi connectivity index (χ3n) is 5.98. The van der Waals surface area contributed by atoms with E-state index in [1.165, 1.54) is 4.31 Å². The molecule has 1 amide bonds. The fourth-order valence-corrected chi connectivity index (χ4v) is 5.74. The van der Waals surface area contributed by atoms with Gasteiger partial charge in [-0.2, -0.15) is 9.40 Å². The first-order valence-corrected chi connectivity index (χ1v) is 14.0. The second kappa shape index (κ2) is 10.7. The fourth-order valence-electron chi connectivity index (χ4n) is 4.00. The maximum atomic E-state index is 13.5. The fraction of sp³-hybridized carbons (Fsp3) is 0.286. The van der Waals surface area contributed by atoms with Crippen LogP contribution in [0.2, 0.25) is 5.02 Å². The molecule has 9 heteroatoms. The second-order valence-electron chi connectivity index (χ2n) is 9.92. The topological polar surface area (TPSA) is 84.3 Å².